The van der Waals surface area contributed by atoms with Crippen molar-refractivity contribution < 1.29 is 32.4 Å². The van der Waals surface area contributed by atoms with Gasteiger partial charge in [-0.3, -0.25) is 19.2 Å². The van der Waals surface area contributed by atoms with Crippen molar-refractivity contribution in [1.29, 1.82) is 0 Å². The monoisotopic (exact) mass is 753 g/mol. The summed E-state index contributed by atoms with van der Waals surface area (Å²) in [6.45, 7) is 14.5. The van der Waals surface area contributed by atoms with E-state index in [4.69, 9.17) is 0 Å². The molecule has 0 aromatic heterocycles. The molecule has 4 N–H and O–H groups in total. The van der Waals surface area contributed by atoms with Crippen LogP contribution in [0.5, 0.6) is 0 Å². The average Bonchev–Trinajstić information content (AvgIpc) is 4.00. The second-order valence-electron chi connectivity index (χ2n) is 17.8. The van der Waals surface area contributed by atoms with E-state index in [0.29, 0.717) is 19.3 Å². The number of nitrogens with one attached hydrogen (secondary N) is 4. The van der Waals surface area contributed by atoms with Crippen molar-refractivity contribution >= 4 is 39.4 Å². The summed E-state index contributed by atoms with van der Waals surface area (Å²) < 4.78 is 25.8. The van der Waals surface area contributed by atoms with Crippen LogP contribution in [0.25, 0.3) is 0 Å². The Morgan fingerprint density at radius 3 is 2.17 bits per heavy atom. The molecule has 3 saturated carbocycles. The Labute approximate surface area is 315 Å². The number of benzene rings is 1. The zero-order valence-electron chi connectivity index (χ0n) is 32.2. The summed E-state index contributed by atoms with van der Waals surface area (Å²) in [6.07, 6.45) is 7.14. The summed E-state index contributed by atoms with van der Waals surface area (Å²) >= 11 is 0. The first-order chi connectivity index (χ1) is 24.8. The molecule has 6 atom stereocenters. The van der Waals surface area contributed by atoms with Gasteiger partial charge in [-0.25, -0.2) is 13.2 Å². The van der Waals surface area contributed by atoms with Gasteiger partial charge in [0.15, 0.2) is 9.84 Å². The maximum atomic E-state index is 14.7. The maximum absolute atomic E-state index is 14.7. The standard InChI is InChI=1S/C40H59N5O7S/c1-8-21-41-35(48)32(46)28(22-25-17-18-25)42-34(47)31-30-27(29(30)26-15-11-9-12-16-26)23-45(31)36(49)33(38(2,3)4)43-37(50)44-40(19-13-10-14-20-40)24-53(51,52)39(5,6)7/h8-9,11-12,15-16,25,27-31,33H,1,10,13-14,17-24H2,2-7H3,(H,41,48)(H,42,47)(H2,43,44,50)/t27-,28?,29-,30-,31+,33-/m1/s1. The molecule has 53 heavy (non-hydrogen) atoms. The highest BCUT2D eigenvalue weighted by Gasteiger charge is 2.65. The van der Waals surface area contributed by atoms with Gasteiger partial charge in [-0.05, 0) is 68.8 Å². The lowest BCUT2D eigenvalue weighted by Gasteiger charge is -2.41. The molecule has 1 aromatic carbocycles. The highest BCUT2D eigenvalue weighted by molar-refractivity contribution is 7.92. The van der Waals surface area contributed by atoms with Crippen molar-refractivity contribution in [3.05, 3.63) is 48.6 Å². The number of amides is 5. The summed E-state index contributed by atoms with van der Waals surface area (Å²) in [4.78, 5) is 70.5. The Morgan fingerprint density at radius 2 is 1.60 bits per heavy atom. The molecule has 0 spiro atoms. The first-order valence-corrected chi connectivity index (χ1v) is 20.8. The van der Waals surface area contributed by atoms with E-state index in [2.05, 4.69) is 27.8 Å². The summed E-state index contributed by atoms with van der Waals surface area (Å²) in [5.41, 5.74) is -0.692. The Balaban J connectivity index is 1.39. The molecule has 12 nitrogen and oxygen atoms in total. The Morgan fingerprint density at radius 1 is 0.962 bits per heavy atom. The number of sulfone groups is 1. The van der Waals surface area contributed by atoms with Crippen molar-refractivity contribution in [2.24, 2.45) is 23.2 Å². The molecular weight excluding hydrogens is 695 g/mol. The van der Waals surface area contributed by atoms with Crippen LogP contribution in [0.4, 0.5) is 4.79 Å². The molecule has 3 aliphatic carbocycles. The molecule has 5 rings (SSSR count). The van der Waals surface area contributed by atoms with Gasteiger partial charge in [0.25, 0.3) is 5.91 Å². The van der Waals surface area contributed by atoms with E-state index >= 15 is 0 Å². The molecule has 4 aliphatic rings. The third-order valence-corrected chi connectivity index (χ3v) is 14.4. The maximum Gasteiger partial charge on any atom is 0.315 e. The van der Waals surface area contributed by atoms with Crippen molar-refractivity contribution in [1.82, 2.24) is 26.2 Å². The second-order valence-corrected chi connectivity index (χ2v) is 20.6. The van der Waals surface area contributed by atoms with Gasteiger partial charge in [0.1, 0.15) is 12.1 Å². The molecule has 4 fully saturated rings. The molecular formula is C40H59N5O7S. The van der Waals surface area contributed by atoms with Crippen LogP contribution in [0.15, 0.2) is 43.0 Å². The number of fused-ring (bicyclic) bond motifs is 1. The fraction of sp³-hybridized carbons (Fsp3) is 0.675. The van der Waals surface area contributed by atoms with E-state index in [1.807, 2.05) is 51.1 Å². The number of ketones is 1. The van der Waals surface area contributed by atoms with Crippen molar-refractivity contribution in [3.63, 3.8) is 0 Å². The van der Waals surface area contributed by atoms with Gasteiger partial charge in [-0.15, -0.1) is 6.58 Å². The van der Waals surface area contributed by atoms with E-state index in [0.717, 1.165) is 37.7 Å². The molecule has 13 heteroatoms. The SMILES string of the molecule is C=CCNC(=O)C(=O)C(CC1CC1)NC(=O)[C@@H]1[C@@H]2[C@H](CN1C(=O)[C@@H](NC(=O)NC1(CS(=O)(=O)C(C)(C)C)CCCCC1)C(C)(C)C)[C@H]2c1ccccc1. The van der Waals surface area contributed by atoms with E-state index in [9.17, 15) is 32.4 Å². The van der Waals surface area contributed by atoms with Crippen LogP contribution in [0.3, 0.4) is 0 Å². The summed E-state index contributed by atoms with van der Waals surface area (Å²) in [5.74, 6) is -2.61. The summed E-state index contributed by atoms with van der Waals surface area (Å²) in [7, 11) is -3.58. The lowest BCUT2D eigenvalue weighted by Crippen LogP contribution is -2.64. The first kappa shape index (κ1) is 40.4. The van der Waals surface area contributed by atoms with Gasteiger partial charge < -0.3 is 26.2 Å². The molecule has 1 aliphatic heterocycles. The first-order valence-electron chi connectivity index (χ1n) is 19.2. The molecule has 1 aromatic rings. The normalized spacial score (nSPS) is 24.9. The smallest absolute Gasteiger partial charge is 0.315 e. The molecule has 0 bridgehead atoms. The number of nitrogens with zero attached hydrogens (tertiary/aromatic N) is 1. The largest absolute Gasteiger partial charge is 0.346 e. The number of likely N-dealkylation sites (tertiary alicyclic amines) is 1. The predicted molar refractivity (Wildman–Crippen MR) is 203 cm³/mol. The zero-order valence-corrected chi connectivity index (χ0v) is 33.0. The Kier molecular flexibility index (Phi) is 11.9. The van der Waals surface area contributed by atoms with Crippen LogP contribution >= 0.6 is 0 Å². The van der Waals surface area contributed by atoms with Crippen molar-refractivity contribution in [3.8, 4) is 0 Å². The number of Topliss-reactive ketones (excluding diaryl/α,β-unsaturated/α-hetero) is 1. The molecule has 0 radical (unpaired) electrons. The molecule has 292 valence electrons. The topological polar surface area (TPSA) is 171 Å². The third-order valence-electron chi connectivity index (χ3n) is 11.6. The Hall–Kier alpha value is -3.74. The number of hydrogen-bond acceptors (Lipinski definition) is 7. The minimum atomic E-state index is -3.58. The summed E-state index contributed by atoms with van der Waals surface area (Å²) in [6, 6.07) is 6.18. The second kappa shape index (κ2) is 15.5. The van der Waals surface area contributed by atoms with E-state index in [-0.39, 0.29) is 42.5 Å². The van der Waals surface area contributed by atoms with Gasteiger partial charge in [0.05, 0.1) is 22.1 Å². The number of rotatable bonds is 14. The van der Waals surface area contributed by atoms with Crippen molar-refractivity contribution in [2.75, 3.05) is 18.8 Å². The van der Waals surface area contributed by atoms with E-state index in [1.54, 1.807) is 20.8 Å². The molecule has 1 unspecified atom stereocenters. The van der Waals surface area contributed by atoms with Crippen LogP contribution < -0.4 is 21.3 Å². The highest BCUT2D eigenvalue weighted by atomic mass is 32.2. The zero-order chi connectivity index (χ0) is 38.9. The summed E-state index contributed by atoms with van der Waals surface area (Å²) in [5, 5.41) is 11.3. The van der Waals surface area contributed by atoms with E-state index < -0.39 is 73.2 Å². The molecule has 1 saturated heterocycles. The third kappa shape index (κ3) is 9.32. The van der Waals surface area contributed by atoms with Crippen LogP contribution in [-0.2, 0) is 29.0 Å². The highest BCUT2D eigenvalue weighted by Crippen LogP contribution is 2.61. The minimum absolute atomic E-state index is 0.00636. The predicted octanol–water partition coefficient (Wildman–Crippen LogP) is 4.01. The van der Waals surface area contributed by atoms with Gasteiger partial charge in [0.2, 0.25) is 17.6 Å². The fourth-order valence-corrected chi connectivity index (χ4v) is 9.75. The van der Waals surface area contributed by atoms with Gasteiger partial charge in [-0.2, -0.15) is 0 Å². The van der Waals surface area contributed by atoms with Gasteiger partial charge >= 0.3 is 6.03 Å². The number of urea groups is 1. The molecule has 5 amide bonds. The number of carbonyl (C=O) groups excluding carboxylic acids is 5. The Bertz CT molecular complexity index is 1670. The number of piperidine rings is 1. The number of hydrogen-bond donors (Lipinski definition) is 4. The lowest BCUT2D eigenvalue weighted by atomic mass is 9.83. The fourth-order valence-electron chi connectivity index (χ4n) is 8.23. The van der Waals surface area contributed by atoms with Crippen LogP contribution in [0.1, 0.15) is 104 Å². The van der Waals surface area contributed by atoms with Crippen molar-refractivity contribution in [2.45, 2.75) is 127 Å². The quantitative estimate of drug-likeness (QED) is 0.164. The number of carbonyl (C=O) groups is 5. The van der Waals surface area contributed by atoms with Crippen LogP contribution in [0.2, 0.25) is 0 Å². The van der Waals surface area contributed by atoms with Gasteiger partial charge in [-0.1, -0.05) is 89.3 Å². The van der Waals surface area contributed by atoms with Crippen LogP contribution in [0, 0.1) is 23.2 Å². The van der Waals surface area contributed by atoms with Gasteiger partial charge in [0, 0.05) is 19.0 Å². The van der Waals surface area contributed by atoms with Crippen LogP contribution in [-0.4, -0.2) is 90.1 Å². The average molecular weight is 754 g/mol. The lowest BCUT2D eigenvalue weighted by molar-refractivity contribution is -0.144. The minimum Gasteiger partial charge on any atom is -0.346 e. The molecule has 1 heterocycles. The van der Waals surface area contributed by atoms with E-state index in [1.165, 1.54) is 11.0 Å².